The first-order chi connectivity index (χ1) is 8.11. The highest BCUT2D eigenvalue weighted by molar-refractivity contribution is 5.82. The van der Waals surface area contributed by atoms with Gasteiger partial charge in [0, 0.05) is 6.54 Å². The summed E-state index contributed by atoms with van der Waals surface area (Å²) in [6.07, 6.45) is 0. The number of carbonyl (C=O) groups excluding carboxylic acids is 1. The van der Waals surface area contributed by atoms with Crippen molar-refractivity contribution in [2.45, 2.75) is 25.9 Å². The van der Waals surface area contributed by atoms with Crippen molar-refractivity contribution < 1.29 is 9.53 Å². The summed E-state index contributed by atoms with van der Waals surface area (Å²) < 4.78 is 5.24. The largest absolute Gasteiger partial charge is 0.496 e. The third-order valence-electron chi connectivity index (χ3n) is 3.15. The lowest BCUT2D eigenvalue weighted by Gasteiger charge is -2.29. The molecular formula is C13H18N2O2. The van der Waals surface area contributed by atoms with Gasteiger partial charge in [-0.2, -0.15) is 0 Å². The van der Waals surface area contributed by atoms with Crippen molar-refractivity contribution in [3.63, 3.8) is 0 Å². The summed E-state index contributed by atoms with van der Waals surface area (Å²) in [6.45, 7) is 4.53. The molecule has 0 aliphatic carbocycles. The molecule has 2 rings (SSSR count). The van der Waals surface area contributed by atoms with Crippen LogP contribution in [0.5, 0.6) is 5.75 Å². The SMILES string of the molecule is COc1ccc(C2CNC(=O)C(C)N2)cc1C. The van der Waals surface area contributed by atoms with Crippen molar-refractivity contribution in [2.24, 2.45) is 0 Å². The van der Waals surface area contributed by atoms with Gasteiger partial charge in [-0.1, -0.05) is 12.1 Å². The number of benzene rings is 1. The quantitative estimate of drug-likeness (QED) is 0.807. The molecule has 4 nitrogen and oxygen atoms in total. The average Bonchev–Trinajstić information content (AvgIpc) is 2.32. The van der Waals surface area contributed by atoms with E-state index in [1.54, 1.807) is 7.11 Å². The van der Waals surface area contributed by atoms with Gasteiger partial charge in [0.15, 0.2) is 0 Å². The normalized spacial score (nSPS) is 24.3. The third kappa shape index (κ3) is 2.42. The smallest absolute Gasteiger partial charge is 0.236 e. The van der Waals surface area contributed by atoms with Crippen LogP contribution >= 0.6 is 0 Å². The van der Waals surface area contributed by atoms with Crippen molar-refractivity contribution in [1.29, 1.82) is 0 Å². The fraction of sp³-hybridized carbons (Fsp3) is 0.462. The summed E-state index contributed by atoms with van der Waals surface area (Å²) in [7, 11) is 1.67. The number of ether oxygens (including phenoxy) is 1. The lowest BCUT2D eigenvalue weighted by Crippen LogP contribution is -2.52. The zero-order valence-corrected chi connectivity index (χ0v) is 10.4. The lowest BCUT2D eigenvalue weighted by molar-refractivity contribution is -0.124. The van der Waals surface area contributed by atoms with Gasteiger partial charge >= 0.3 is 0 Å². The predicted octanol–water partition coefficient (Wildman–Crippen LogP) is 1.15. The van der Waals surface area contributed by atoms with E-state index in [2.05, 4.69) is 16.7 Å². The molecule has 4 heteroatoms. The van der Waals surface area contributed by atoms with Gasteiger partial charge in [-0.15, -0.1) is 0 Å². The summed E-state index contributed by atoms with van der Waals surface area (Å²) in [4.78, 5) is 11.3. The molecule has 17 heavy (non-hydrogen) atoms. The molecule has 2 N–H and O–H groups in total. The van der Waals surface area contributed by atoms with E-state index in [1.165, 1.54) is 5.56 Å². The number of carbonyl (C=O) groups is 1. The van der Waals surface area contributed by atoms with Crippen molar-refractivity contribution in [3.05, 3.63) is 29.3 Å². The van der Waals surface area contributed by atoms with Gasteiger partial charge in [-0.3, -0.25) is 10.1 Å². The second kappa shape index (κ2) is 4.75. The molecule has 0 radical (unpaired) electrons. The molecule has 0 aromatic heterocycles. The first-order valence-corrected chi connectivity index (χ1v) is 5.80. The van der Waals surface area contributed by atoms with Gasteiger partial charge in [0.2, 0.25) is 5.91 Å². The standard InChI is InChI=1S/C13H18N2O2/c1-8-6-10(4-5-12(8)17-3)11-7-14-13(16)9(2)15-11/h4-6,9,11,15H,7H2,1-3H3,(H,14,16). The van der Waals surface area contributed by atoms with Crippen LogP contribution in [0.2, 0.25) is 0 Å². The summed E-state index contributed by atoms with van der Waals surface area (Å²) >= 11 is 0. The van der Waals surface area contributed by atoms with Crippen LogP contribution in [0.3, 0.4) is 0 Å². The number of aryl methyl sites for hydroxylation is 1. The fourth-order valence-corrected chi connectivity index (χ4v) is 2.12. The maximum Gasteiger partial charge on any atom is 0.236 e. The Kier molecular flexibility index (Phi) is 3.33. The van der Waals surface area contributed by atoms with Crippen molar-refractivity contribution >= 4 is 5.91 Å². The number of amides is 1. The van der Waals surface area contributed by atoms with Gasteiger partial charge in [-0.05, 0) is 31.0 Å². The Morgan fingerprint density at radius 3 is 2.76 bits per heavy atom. The minimum atomic E-state index is -0.142. The minimum absolute atomic E-state index is 0.0616. The van der Waals surface area contributed by atoms with Gasteiger partial charge in [0.05, 0.1) is 19.2 Å². The third-order valence-corrected chi connectivity index (χ3v) is 3.15. The molecule has 1 aromatic rings. The molecule has 1 amide bonds. The lowest BCUT2D eigenvalue weighted by atomic mass is 10.0. The second-order valence-corrected chi connectivity index (χ2v) is 4.42. The number of piperazine rings is 1. The molecule has 0 bridgehead atoms. The highest BCUT2D eigenvalue weighted by Gasteiger charge is 2.25. The molecule has 1 fully saturated rings. The van der Waals surface area contributed by atoms with E-state index in [0.29, 0.717) is 6.54 Å². The molecule has 1 aromatic carbocycles. The number of hydrogen-bond acceptors (Lipinski definition) is 3. The number of hydrogen-bond donors (Lipinski definition) is 2. The Bertz CT molecular complexity index is 431. The Balaban J connectivity index is 2.18. The van der Waals surface area contributed by atoms with Crippen LogP contribution in [0, 0.1) is 6.92 Å². The molecular weight excluding hydrogens is 216 g/mol. The van der Waals surface area contributed by atoms with Crippen LogP contribution in [0.4, 0.5) is 0 Å². The molecule has 92 valence electrons. The summed E-state index contributed by atoms with van der Waals surface area (Å²) in [5.41, 5.74) is 2.28. The summed E-state index contributed by atoms with van der Waals surface area (Å²) in [5, 5.41) is 6.19. The molecule has 2 atom stereocenters. The van der Waals surface area contributed by atoms with Gasteiger partial charge in [-0.25, -0.2) is 0 Å². The minimum Gasteiger partial charge on any atom is -0.496 e. The van der Waals surface area contributed by atoms with Crippen molar-refractivity contribution in [2.75, 3.05) is 13.7 Å². The van der Waals surface area contributed by atoms with Crippen molar-refractivity contribution in [1.82, 2.24) is 10.6 Å². The van der Waals surface area contributed by atoms with E-state index < -0.39 is 0 Å². The predicted molar refractivity (Wildman–Crippen MR) is 66.1 cm³/mol. The van der Waals surface area contributed by atoms with E-state index in [9.17, 15) is 4.79 Å². The Morgan fingerprint density at radius 2 is 2.18 bits per heavy atom. The zero-order chi connectivity index (χ0) is 12.4. The Hall–Kier alpha value is -1.55. The molecule has 0 spiro atoms. The van der Waals surface area contributed by atoms with Gasteiger partial charge < -0.3 is 10.1 Å². The maximum atomic E-state index is 11.3. The van der Waals surface area contributed by atoms with Crippen LogP contribution in [0.25, 0.3) is 0 Å². The van der Waals surface area contributed by atoms with Crippen LogP contribution in [0.1, 0.15) is 24.1 Å². The Labute approximate surface area is 101 Å². The van der Waals surface area contributed by atoms with E-state index in [4.69, 9.17) is 4.74 Å². The Morgan fingerprint density at radius 1 is 1.41 bits per heavy atom. The van der Waals surface area contributed by atoms with Crippen LogP contribution < -0.4 is 15.4 Å². The molecule has 1 aliphatic rings. The van der Waals surface area contributed by atoms with Crippen LogP contribution in [-0.2, 0) is 4.79 Å². The molecule has 1 heterocycles. The van der Waals surface area contributed by atoms with E-state index in [1.807, 2.05) is 26.0 Å². The number of rotatable bonds is 2. The summed E-state index contributed by atoms with van der Waals surface area (Å²) in [5.74, 6) is 0.952. The topological polar surface area (TPSA) is 50.4 Å². The van der Waals surface area contributed by atoms with Gasteiger partial charge in [0.25, 0.3) is 0 Å². The molecule has 1 saturated heterocycles. The highest BCUT2D eigenvalue weighted by Crippen LogP contribution is 2.23. The number of methoxy groups -OCH3 is 1. The second-order valence-electron chi connectivity index (χ2n) is 4.42. The fourth-order valence-electron chi connectivity index (χ4n) is 2.12. The zero-order valence-electron chi connectivity index (χ0n) is 10.4. The first-order valence-electron chi connectivity index (χ1n) is 5.80. The molecule has 0 saturated carbocycles. The average molecular weight is 234 g/mol. The van der Waals surface area contributed by atoms with E-state index in [-0.39, 0.29) is 18.0 Å². The van der Waals surface area contributed by atoms with Crippen molar-refractivity contribution in [3.8, 4) is 5.75 Å². The van der Waals surface area contributed by atoms with E-state index in [0.717, 1.165) is 11.3 Å². The first kappa shape index (κ1) is 11.9. The monoisotopic (exact) mass is 234 g/mol. The molecule has 2 unspecified atom stereocenters. The van der Waals surface area contributed by atoms with Crippen LogP contribution in [0.15, 0.2) is 18.2 Å². The maximum absolute atomic E-state index is 11.3. The number of nitrogens with one attached hydrogen (secondary N) is 2. The van der Waals surface area contributed by atoms with Crippen LogP contribution in [-0.4, -0.2) is 25.6 Å². The van der Waals surface area contributed by atoms with E-state index >= 15 is 0 Å². The highest BCUT2D eigenvalue weighted by atomic mass is 16.5. The molecule has 1 aliphatic heterocycles. The summed E-state index contributed by atoms with van der Waals surface area (Å²) in [6, 6.07) is 6.13. The van der Waals surface area contributed by atoms with Gasteiger partial charge in [0.1, 0.15) is 5.75 Å².